The van der Waals surface area contributed by atoms with Gasteiger partial charge in [0.1, 0.15) is 0 Å². The van der Waals surface area contributed by atoms with Gasteiger partial charge in [0.15, 0.2) is 0 Å². The van der Waals surface area contributed by atoms with Gasteiger partial charge in [-0.15, -0.1) is 0 Å². The Morgan fingerprint density at radius 2 is 1.70 bits per heavy atom. The SMILES string of the molecule is CCC(CO)C(C)C(C)C. The highest BCUT2D eigenvalue weighted by Gasteiger charge is 2.16. The van der Waals surface area contributed by atoms with Crippen molar-refractivity contribution in [1.82, 2.24) is 0 Å². The van der Waals surface area contributed by atoms with Crippen LogP contribution >= 0.6 is 0 Å². The van der Waals surface area contributed by atoms with Crippen molar-refractivity contribution in [3.05, 3.63) is 0 Å². The second-order valence-electron chi connectivity index (χ2n) is 3.45. The van der Waals surface area contributed by atoms with Crippen molar-refractivity contribution in [2.45, 2.75) is 34.1 Å². The molecule has 0 aromatic rings. The molecule has 2 atom stereocenters. The zero-order chi connectivity index (χ0) is 8.15. The fourth-order valence-electron chi connectivity index (χ4n) is 1.21. The van der Waals surface area contributed by atoms with Crippen LogP contribution in [-0.2, 0) is 0 Å². The molecule has 0 saturated carbocycles. The van der Waals surface area contributed by atoms with E-state index in [0.717, 1.165) is 6.42 Å². The number of rotatable bonds is 4. The Morgan fingerprint density at radius 3 is 1.80 bits per heavy atom. The lowest BCUT2D eigenvalue weighted by molar-refractivity contribution is 0.153. The largest absolute Gasteiger partial charge is 0.396 e. The second-order valence-corrected chi connectivity index (χ2v) is 3.45. The van der Waals surface area contributed by atoms with Crippen LogP contribution in [0.3, 0.4) is 0 Å². The van der Waals surface area contributed by atoms with Gasteiger partial charge in [0.05, 0.1) is 0 Å². The average molecular weight is 144 g/mol. The van der Waals surface area contributed by atoms with Gasteiger partial charge in [-0.25, -0.2) is 0 Å². The predicted molar refractivity (Wildman–Crippen MR) is 44.9 cm³/mol. The first-order chi connectivity index (χ1) is 4.63. The Bertz CT molecular complexity index is 74.8. The first-order valence-corrected chi connectivity index (χ1v) is 4.24. The summed E-state index contributed by atoms with van der Waals surface area (Å²) in [7, 11) is 0. The molecule has 10 heavy (non-hydrogen) atoms. The lowest BCUT2D eigenvalue weighted by Gasteiger charge is -2.23. The Morgan fingerprint density at radius 1 is 1.20 bits per heavy atom. The first-order valence-electron chi connectivity index (χ1n) is 4.24. The van der Waals surface area contributed by atoms with E-state index < -0.39 is 0 Å². The van der Waals surface area contributed by atoms with Crippen LogP contribution in [0.15, 0.2) is 0 Å². The molecule has 0 aliphatic heterocycles. The van der Waals surface area contributed by atoms with Gasteiger partial charge < -0.3 is 5.11 Å². The van der Waals surface area contributed by atoms with Gasteiger partial charge in [0.2, 0.25) is 0 Å². The van der Waals surface area contributed by atoms with Crippen molar-refractivity contribution >= 4 is 0 Å². The van der Waals surface area contributed by atoms with Gasteiger partial charge in [-0.2, -0.15) is 0 Å². The van der Waals surface area contributed by atoms with E-state index >= 15 is 0 Å². The van der Waals surface area contributed by atoms with Crippen LogP contribution in [0.2, 0.25) is 0 Å². The van der Waals surface area contributed by atoms with Crippen LogP contribution in [0.4, 0.5) is 0 Å². The molecular weight excluding hydrogens is 124 g/mol. The molecule has 0 aromatic heterocycles. The standard InChI is InChI=1S/C9H20O/c1-5-9(6-10)8(4)7(2)3/h7-10H,5-6H2,1-4H3. The van der Waals surface area contributed by atoms with Crippen LogP contribution < -0.4 is 0 Å². The summed E-state index contributed by atoms with van der Waals surface area (Å²) >= 11 is 0. The summed E-state index contributed by atoms with van der Waals surface area (Å²) in [4.78, 5) is 0. The first kappa shape index (κ1) is 9.96. The molecule has 0 heterocycles. The molecule has 0 rings (SSSR count). The normalized spacial score (nSPS) is 17.4. The molecule has 0 fully saturated rings. The van der Waals surface area contributed by atoms with Crippen LogP contribution in [0.1, 0.15) is 34.1 Å². The summed E-state index contributed by atoms with van der Waals surface area (Å²) in [6.07, 6.45) is 1.09. The van der Waals surface area contributed by atoms with Crippen molar-refractivity contribution in [3.8, 4) is 0 Å². The maximum absolute atomic E-state index is 8.95. The van der Waals surface area contributed by atoms with Crippen molar-refractivity contribution < 1.29 is 5.11 Å². The third kappa shape index (κ3) is 2.70. The van der Waals surface area contributed by atoms with E-state index in [-0.39, 0.29) is 0 Å². The lowest BCUT2D eigenvalue weighted by atomic mass is 9.84. The maximum atomic E-state index is 8.95. The zero-order valence-electron chi connectivity index (χ0n) is 7.59. The molecule has 0 aliphatic carbocycles. The minimum Gasteiger partial charge on any atom is -0.396 e. The molecule has 0 saturated heterocycles. The number of aliphatic hydroxyl groups is 1. The van der Waals surface area contributed by atoms with Crippen LogP contribution in [0.25, 0.3) is 0 Å². The van der Waals surface area contributed by atoms with Gasteiger partial charge in [-0.1, -0.05) is 34.1 Å². The Hall–Kier alpha value is -0.0400. The van der Waals surface area contributed by atoms with Crippen molar-refractivity contribution in [3.63, 3.8) is 0 Å². The van der Waals surface area contributed by atoms with Gasteiger partial charge in [-0.05, 0) is 17.8 Å². The minimum absolute atomic E-state index is 0.343. The van der Waals surface area contributed by atoms with Crippen LogP contribution in [0, 0.1) is 17.8 Å². The highest BCUT2D eigenvalue weighted by molar-refractivity contribution is 4.66. The van der Waals surface area contributed by atoms with E-state index in [4.69, 9.17) is 5.11 Å². The van der Waals surface area contributed by atoms with Gasteiger partial charge >= 0.3 is 0 Å². The molecule has 0 radical (unpaired) electrons. The predicted octanol–water partition coefficient (Wildman–Crippen LogP) is 2.30. The van der Waals surface area contributed by atoms with Crippen molar-refractivity contribution in [1.29, 1.82) is 0 Å². The monoisotopic (exact) mass is 144 g/mol. The molecule has 62 valence electrons. The summed E-state index contributed by atoms with van der Waals surface area (Å²) in [5.41, 5.74) is 0. The molecular formula is C9H20O. The van der Waals surface area contributed by atoms with Crippen molar-refractivity contribution in [2.75, 3.05) is 6.61 Å². The van der Waals surface area contributed by atoms with E-state index in [2.05, 4.69) is 27.7 Å². The average Bonchev–Trinajstić information content (AvgIpc) is 1.90. The summed E-state index contributed by atoms with van der Waals surface area (Å²) in [5.74, 6) is 1.84. The molecule has 0 aliphatic rings. The molecule has 1 heteroatoms. The number of hydrogen-bond donors (Lipinski definition) is 1. The molecule has 0 aromatic carbocycles. The summed E-state index contributed by atoms with van der Waals surface area (Å²) in [5, 5.41) is 8.95. The van der Waals surface area contributed by atoms with E-state index in [9.17, 15) is 0 Å². The van der Waals surface area contributed by atoms with Crippen LogP contribution in [0.5, 0.6) is 0 Å². The van der Waals surface area contributed by atoms with E-state index in [0.29, 0.717) is 24.4 Å². The molecule has 2 unspecified atom stereocenters. The molecule has 0 bridgehead atoms. The topological polar surface area (TPSA) is 20.2 Å². The summed E-state index contributed by atoms with van der Waals surface area (Å²) < 4.78 is 0. The highest BCUT2D eigenvalue weighted by atomic mass is 16.3. The minimum atomic E-state index is 0.343. The quantitative estimate of drug-likeness (QED) is 0.642. The maximum Gasteiger partial charge on any atom is 0.0461 e. The number of aliphatic hydroxyl groups excluding tert-OH is 1. The molecule has 0 amide bonds. The fraction of sp³-hybridized carbons (Fsp3) is 1.00. The molecule has 0 spiro atoms. The van der Waals surface area contributed by atoms with E-state index in [1.54, 1.807) is 0 Å². The summed E-state index contributed by atoms with van der Waals surface area (Å²) in [6, 6.07) is 0. The smallest absolute Gasteiger partial charge is 0.0461 e. The lowest BCUT2D eigenvalue weighted by Crippen LogP contribution is -2.19. The number of hydrogen-bond acceptors (Lipinski definition) is 1. The zero-order valence-corrected chi connectivity index (χ0v) is 7.59. The highest BCUT2D eigenvalue weighted by Crippen LogP contribution is 2.22. The molecule has 1 N–H and O–H groups in total. The third-order valence-electron chi connectivity index (χ3n) is 2.55. The third-order valence-corrected chi connectivity index (χ3v) is 2.55. The fourth-order valence-corrected chi connectivity index (χ4v) is 1.21. The molecule has 1 nitrogen and oxygen atoms in total. The van der Waals surface area contributed by atoms with E-state index in [1.807, 2.05) is 0 Å². The second kappa shape index (κ2) is 4.73. The van der Waals surface area contributed by atoms with Crippen molar-refractivity contribution in [2.24, 2.45) is 17.8 Å². The Kier molecular flexibility index (Phi) is 4.71. The van der Waals surface area contributed by atoms with Gasteiger partial charge in [0, 0.05) is 6.61 Å². The Balaban J connectivity index is 3.76. The Labute approximate surface area is 64.5 Å². The van der Waals surface area contributed by atoms with Gasteiger partial charge in [-0.3, -0.25) is 0 Å². The van der Waals surface area contributed by atoms with Gasteiger partial charge in [0.25, 0.3) is 0 Å². The summed E-state index contributed by atoms with van der Waals surface area (Å²) in [6.45, 7) is 9.12. The van der Waals surface area contributed by atoms with Crippen LogP contribution in [-0.4, -0.2) is 11.7 Å². The van der Waals surface area contributed by atoms with E-state index in [1.165, 1.54) is 0 Å².